The Balaban J connectivity index is 1.31. The lowest BCUT2D eigenvalue weighted by molar-refractivity contribution is -0.743. The molecule has 3 aliphatic heterocycles. The Morgan fingerprint density at radius 2 is 2.05 bits per heavy atom. The van der Waals surface area contributed by atoms with Crippen LogP contribution in [-0.2, 0) is 16.0 Å². The Hall–Kier alpha value is -4.06. The van der Waals surface area contributed by atoms with Gasteiger partial charge in [0.15, 0.2) is 6.67 Å². The molecule has 0 spiro atoms. The van der Waals surface area contributed by atoms with Gasteiger partial charge < -0.3 is 25.4 Å². The van der Waals surface area contributed by atoms with Crippen molar-refractivity contribution in [2.45, 2.75) is 19.4 Å². The zero-order valence-corrected chi connectivity index (χ0v) is 21.3. The summed E-state index contributed by atoms with van der Waals surface area (Å²) in [6.07, 6.45) is 7.57. The average Bonchev–Trinajstić information content (AvgIpc) is 3.43. The monoisotopic (exact) mass is 518 g/mol. The molecule has 11 heteroatoms. The van der Waals surface area contributed by atoms with Crippen LogP contribution in [-0.4, -0.2) is 78.3 Å². The molecule has 0 radical (unpaired) electrons. The lowest BCUT2D eigenvalue weighted by Crippen LogP contribution is -3.12. The van der Waals surface area contributed by atoms with Gasteiger partial charge in [0.2, 0.25) is 5.91 Å². The number of aliphatic hydroxyl groups excluding tert-OH is 1. The highest BCUT2D eigenvalue weighted by Gasteiger charge is 2.31. The molecule has 1 unspecified atom stereocenters. The fourth-order valence-corrected chi connectivity index (χ4v) is 4.52. The highest BCUT2D eigenvalue weighted by Crippen LogP contribution is 2.20. The third-order valence-corrected chi connectivity index (χ3v) is 6.52. The Labute approximate surface area is 221 Å². The van der Waals surface area contributed by atoms with Crippen molar-refractivity contribution < 1.29 is 24.3 Å². The van der Waals surface area contributed by atoms with Gasteiger partial charge in [-0.15, -0.1) is 0 Å². The molecule has 38 heavy (non-hydrogen) atoms. The van der Waals surface area contributed by atoms with Crippen molar-refractivity contribution >= 4 is 29.2 Å². The number of quaternary nitrogens is 1. The maximum Gasteiger partial charge on any atom is 0.257 e. The first-order valence-electron chi connectivity index (χ1n) is 12.7. The number of rotatable bonds is 8. The van der Waals surface area contributed by atoms with Gasteiger partial charge in [-0.25, -0.2) is 9.88 Å². The van der Waals surface area contributed by atoms with Crippen molar-refractivity contribution in [1.29, 1.82) is 0 Å². The SMILES string of the molecule is C[C@@H](CO)NC(=O)Cc1cccc(N2C=C(Nc3ccc(C(=O)N4CCOCC4)cn3)C3=NC=C[NH+]3C2)c1. The number of benzene rings is 1. The van der Waals surface area contributed by atoms with E-state index in [2.05, 4.69) is 25.5 Å². The molecule has 198 valence electrons. The number of amides is 2. The van der Waals surface area contributed by atoms with Gasteiger partial charge in [-0.1, -0.05) is 12.1 Å². The molecule has 4 heterocycles. The summed E-state index contributed by atoms with van der Waals surface area (Å²) in [5, 5.41) is 15.3. The minimum absolute atomic E-state index is 0.0465. The van der Waals surface area contributed by atoms with Crippen molar-refractivity contribution in [3.8, 4) is 0 Å². The molecular formula is C27H32N7O4+. The zero-order valence-electron chi connectivity index (χ0n) is 21.3. The summed E-state index contributed by atoms with van der Waals surface area (Å²) in [5.74, 6) is 1.28. The Bertz CT molecular complexity index is 1270. The van der Waals surface area contributed by atoms with Crippen molar-refractivity contribution in [3.05, 3.63) is 78.0 Å². The quantitative estimate of drug-likeness (QED) is 0.391. The summed E-state index contributed by atoms with van der Waals surface area (Å²) >= 11 is 0. The number of ether oxygens (including phenoxy) is 1. The van der Waals surface area contributed by atoms with Crippen LogP contribution in [0.2, 0.25) is 0 Å². The number of aliphatic imine (C=N–C) groups is 1. The van der Waals surface area contributed by atoms with Gasteiger partial charge in [0, 0.05) is 37.2 Å². The van der Waals surface area contributed by atoms with Crippen LogP contribution in [0.25, 0.3) is 0 Å². The Kier molecular flexibility index (Phi) is 7.78. The summed E-state index contributed by atoms with van der Waals surface area (Å²) in [6, 6.07) is 11.1. The van der Waals surface area contributed by atoms with Crippen molar-refractivity contribution in [1.82, 2.24) is 15.2 Å². The van der Waals surface area contributed by atoms with E-state index < -0.39 is 0 Å². The maximum absolute atomic E-state index is 12.7. The summed E-state index contributed by atoms with van der Waals surface area (Å²) < 4.78 is 5.33. The molecule has 0 aliphatic carbocycles. The molecule has 2 amide bonds. The highest BCUT2D eigenvalue weighted by molar-refractivity contribution is 5.97. The first-order valence-corrected chi connectivity index (χ1v) is 12.7. The van der Waals surface area contributed by atoms with Crippen molar-refractivity contribution in [2.75, 3.05) is 49.8 Å². The Morgan fingerprint density at radius 1 is 1.21 bits per heavy atom. The molecule has 11 nitrogen and oxygen atoms in total. The van der Waals surface area contributed by atoms with E-state index >= 15 is 0 Å². The number of pyridine rings is 1. The van der Waals surface area contributed by atoms with Crippen LogP contribution in [0.1, 0.15) is 22.8 Å². The van der Waals surface area contributed by atoms with Gasteiger partial charge in [0.05, 0.1) is 38.0 Å². The van der Waals surface area contributed by atoms with E-state index in [0.717, 1.165) is 27.7 Å². The van der Waals surface area contributed by atoms with E-state index in [1.807, 2.05) is 36.7 Å². The smallest absolute Gasteiger partial charge is 0.257 e. The average molecular weight is 519 g/mol. The standard InChI is InChI=1S/C27H31N7O4/c1-19(17-35)30-25(36)14-20-3-2-4-22(13-20)34-16-23(26-28-7-8-33(26)18-34)31-24-6-5-21(15-29-24)27(37)32-9-11-38-12-10-32/h2-8,13,15-16,19,35H,9-12,14,17-18H2,1H3,(H,29,31)(H,30,36)/p+1/t19-/m0/s1. The van der Waals surface area contributed by atoms with Crippen LogP contribution in [0.15, 0.2) is 71.9 Å². The maximum atomic E-state index is 12.7. The van der Waals surface area contributed by atoms with Gasteiger partial charge in [0.1, 0.15) is 17.7 Å². The van der Waals surface area contributed by atoms with E-state index in [1.54, 1.807) is 36.4 Å². The van der Waals surface area contributed by atoms with Crippen molar-refractivity contribution in [3.63, 3.8) is 0 Å². The molecule has 0 bridgehead atoms. The second kappa shape index (κ2) is 11.5. The second-order valence-corrected chi connectivity index (χ2v) is 9.45. The van der Waals surface area contributed by atoms with Gasteiger partial charge in [0.25, 0.3) is 11.7 Å². The lowest BCUT2D eigenvalue weighted by atomic mass is 10.1. The number of amidine groups is 1. The number of hydrogen-bond donors (Lipinski definition) is 4. The molecule has 0 saturated carbocycles. The predicted molar refractivity (Wildman–Crippen MR) is 142 cm³/mol. The van der Waals surface area contributed by atoms with E-state index in [-0.39, 0.29) is 30.9 Å². The van der Waals surface area contributed by atoms with E-state index in [9.17, 15) is 14.7 Å². The molecule has 1 saturated heterocycles. The molecule has 5 rings (SSSR count). The number of aliphatic hydroxyl groups is 1. The van der Waals surface area contributed by atoms with Crippen molar-refractivity contribution in [2.24, 2.45) is 4.99 Å². The summed E-state index contributed by atoms with van der Waals surface area (Å²) in [7, 11) is 0. The first-order chi connectivity index (χ1) is 18.5. The number of morpholine rings is 1. The number of carbonyl (C=O) groups is 2. The van der Waals surface area contributed by atoms with Crippen LogP contribution in [0.4, 0.5) is 11.5 Å². The van der Waals surface area contributed by atoms with Gasteiger partial charge in [-0.3, -0.25) is 14.5 Å². The fourth-order valence-electron chi connectivity index (χ4n) is 4.52. The number of anilines is 2. The summed E-state index contributed by atoms with van der Waals surface area (Å²) in [4.78, 5) is 39.0. The number of nitrogens with zero attached hydrogens (tertiary/aromatic N) is 4. The molecule has 2 aromatic rings. The van der Waals surface area contributed by atoms with Crippen LogP contribution in [0.5, 0.6) is 0 Å². The topological polar surface area (TPSA) is 124 Å². The summed E-state index contributed by atoms with van der Waals surface area (Å²) in [5.41, 5.74) is 3.15. The first kappa shape index (κ1) is 25.6. The van der Waals surface area contributed by atoms with Crippen LogP contribution in [0.3, 0.4) is 0 Å². The molecule has 3 aliphatic rings. The number of fused-ring (bicyclic) bond motifs is 1. The molecule has 1 fully saturated rings. The van der Waals surface area contributed by atoms with Gasteiger partial charge in [-0.2, -0.15) is 4.99 Å². The van der Waals surface area contributed by atoms with Crippen LogP contribution >= 0.6 is 0 Å². The third-order valence-electron chi connectivity index (χ3n) is 6.52. The highest BCUT2D eigenvalue weighted by atomic mass is 16.5. The predicted octanol–water partition coefficient (Wildman–Crippen LogP) is 0.0927. The zero-order chi connectivity index (χ0) is 26.5. The minimum atomic E-state index is -0.284. The second-order valence-electron chi connectivity index (χ2n) is 9.45. The van der Waals surface area contributed by atoms with Crippen LogP contribution < -0.4 is 20.4 Å². The molecular weight excluding hydrogens is 486 g/mol. The van der Waals surface area contributed by atoms with Gasteiger partial charge >= 0.3 is 0 Å². The third kappa shape index (κ3) is 5.91. The summed E-state index contributed by atoms with van der Waals surface area (Å²) in [6.45, 7) is 4.57. The number of nitrogens with one attached hydrogen (secondary N) is 3. The van der Waals surface area contributed by atoms with Gasteiger partial charge in [-0.05, 0) is 36.8 Å². The van der Waals surface area contributed by atoms with E-state index in [1.165, 1.54) is 0 Å². The Morgan fingerprint density at radius 3 is 2.82 bits per heavy atom. The van der Waals surface area contributed by atoms with Crippen LogP contribution in [0, 0.1) is 0 Å². The normalized spacial score (nSPS) is 19.4. The fraction of sp³-hybridized carbons (Fsp3) is 0.333. The number of carbonyl (C=O) groups excluding carboxylic acids is 2. The molecule has 1 aromatic carbocycles. The molecule has 4 N–H and O–H groups in total. The van der Waals surface area contributed by atoms with E-state index in [0.29, 0.717) is 44.4 Å². The van der Waals surface area contributed by atoms with E-state index in [4.69, 9.17) is 4.74 Å². The number of hydrogen-bond acceptors (Lipinski definition) is 8. The lowest BCUT2D eigenvalue weighted by Gasteiger charge is -2.30. The largest absolute Gasteiger partial charge is 0.394 e. The minimum Gasteiger partial charge on any atom is -0.394 e. The molecule has 1 aromatic heterocycles. The molecule has 2 atom stereocenters. The number of aromatic nitrogens is 1.